The van der Waals surface area contributed by atoms with Gasteiger partial charge in [-0.1, -0.05) is 6.07 Å². The fourth-order valence-electron chi connectivity index (χ4n) is 2.85. The Bertz CT molecular complexity index is 755. The molecular formula is C17H30N6O3S. The van der Waals surface area contributed by atoms with Crippen molar-refractivity contribution in [2.45, 2.75) is 45.7 Å². The lowest BCUT2D eigenvalue weighted by molar-refractivity contribution is 0.194. The van der Waals surface area contributed by atoms with Crippen molar-refractivity contribution in [3.05, 3.63) is 29.3 Å². The lowest BCUT2D eigenvalue weighted by atomic mass is 10.1. The van der Waals surface area contributed by atoms with E-state index in [9.17, 15) is 13.2 Å². The van der Waals surface area contributed by atoms with Gasteiger partial charge in [0, 0.05) is 24.8 Å². The van der Waals surface area contributed by atoms with Crippen molar-refractivity contribution in [2.75, 3.05) is 24.7 Å². The molecule has 0 aromatic heterocycles. The molecule has 0 spiro atoms. The molecule has 0 radical (unpaired) electrons. The maximum Gasteiger partial charge on any atom is 0.321 e. The number of hydrogen-bond donors (Lipinski definition) is 6. The maximum absolute atomic E-state index is 12.3. The second-order valence-corrected chi connectivity index (χ2v) is 8.81. The molecule has 1 fully saturated rings. The monoisotopic (exact) mass is 398 g/mol. The molecule has 6 N–H and O–H groups in total. The van der Waals surface area contributed by atoms with Crippen LogP contribution in [0.25, 0.3) is 0 Å². The molecule has 2 amide bonds. The van der Waals surface area contributed by atoms with E-state index in [1.54, 1.807) is 0 Å². The average Bonchev–Trinajstić information content (AvgIpc) is 2.53. The van der Waals surface area contributed by atoms with E-state index in [4.69, 9.17) is 0 Å². The smallest absolute Gasteiger partial charge is 0.310 e. The number of hydrogen-bond acceptors (Lipinski definition) is 6. The van der Waals surface area contributed by atoms with Crippen molar-refractivity contribution in [1.29, 1.82) is 0 Å². The molecule has 152 valence electrons. The largest absolute Gasteiger partial charge is 0.321 e. The number of rotatable bonds is 7. The van der Waals surface area contributed by atoms with Gasteiger partial charge in [-0.25, -0.2) is 17.9 Å². The van der Waals surface area contributed by atoms with E-state index in [0.29, 0.717) is 13.1 Å². The third-order valence-electron chi connectivity index (χ3n) is 4.33. The van der Waals surface area contributed by atoms with Crippen LogP contribution in [0.3, 0.4) is 0 Å². The highest BCUT2D eigenvalue weighted by atomic mass is 32.2. The predicted octanol–water partition coefficient (Wildman–Crippen LogP) is 0.145. The second kappa shape index (κ2) is 9.47. The van der Waals surface area contributed by atoms with Gasteiger partial charge < -0.3 is 16.0 Å². The molecule has 2 rings (SSSR count). The average molecular weight is 399 g/mol. The van der Waals surface area contributed by atoms with Gasteiger partial charge in [0.1, 0.15) is 6.29 Å². The lowest BCUT2D eigenvalue weighted by Crippen LogP contribution is -2.68. The zero-order chi connectivity index (χ0) is 20.0. The quantitative estimate of drug-likeness (QED) is 0.363. The zero-order valence-electron chi connectivity index (χ0n) is 16.2. The van der Waals surface area contributed by atoms with Crippen LogP contribution in [0, 0.1) is 13.8 Å². The van der Waals surface area contributed by atoms with Crippen LogP contribution in [-0.4, -0.2) is 52.3 Å². The third-order valence-corrected chi connectivity index (χ3v) is 5.06. The molecule has 1 aromatic carbocycles. The summed E-state index contributed by atoms with van der Waals surface area (Å²) in [4.78, 5) is 12.3. The number of sulfonamides is 1. The molecule has 0 bridgehead atoms. The highest BCUT2D eigenvalue weighted by Crippen LogP contribution is 2.14. The van der Waals surface area contributed by atoms with Gasteiger partial charge in [-0.15, -0.1) is 0 Å². The topological polar surface area (TPSA) is 123 Å². The standard InChI is InChI=1S/C17H30N6O3S/c1-11-5-6-14(9-12(11)2)21-17(24)23-16-20-13(3)10-15(22-16)18-7-8-19-27(4,25)26/h5-6,9,13,15-16,18-20,22H,7-8,10H2,1-4H3,(H2,21,23,24). The van der Waals surface area contributed by atoms with Crippen LogP contribution in [-0.2, 0) is 10.0 Å². The van der Waals surface area contributed by atoms with E-state index in [1.165, 1.54) is 5.56 Å². The number of benzene rings is 1. The summed E-state index contributed by atoms with van der Waals surface area (Å²) in [6.45, 7) is 6.84. The molecule has 10 heteroatoms. The Kier molecular flexibility index (Phi) is 7.57. The van der Waals surface area contributed by atoms with Gasteiger partial charge in [0.25, 0.3) is 0 Å². The van der Waals surface area contributed by atoms with E-state index < -0.39 is 16.3 Å². The minimum atomic E-state index is -3.19. The van der Waals surface area contributed by atoms with Gasteiger partial charge >= 0.3 is 6.03 Å². The highest BCUT2D eigenvalue weighted by molar-refractivity contribution is 7.88. The van der Waals surface area contributed by atoms with Crippen LogP contribution >= 0.6 is 0 Å². The summed E-state index contributed by atoms with van der Waals surface area (Å²) in [5.41, 5.74) is 3.02. The molecule has 0 aliphatic carbocycles. The Hall–Kier alpha value is -1.72. The predicted molar refractivity (Wildman–Crippen MR) is 107 cm³/mol. The van der Waals surface area contributed by atoms with Crippen LogP contribution in [0.1, 0.15) is 24.5 Å². The number of anilines is 1. The van der Waals surface area contributed by atoms with Crippen molar-refractivity contribution in [3.63, 3.8) is 0 Å². The number of aryl methyl sites for hydroxylation is 2. The van der Waals surface area contributed by atoms with Crippen LogP contribution < -0.4 is 31.3 Å². The van der Waals surface area contributed by atoms with Crippen LogP contribution in [0.15, 0.2) is 18.2 Å². The fraction of sp³-hybridized carbons (Fsp3) is 0.588. The number of amides is 2. The maximum atomic E-state index is 12.3. The van der Waals surface area contributed by atoms with Gasteiger partial charge in [-0.3, -0.25) is 10.6 Å². The van der Waals surface area contributed by atoms with Crippen LogP contribution in [0.5, 0.6) is 0 Å². The Labute approximate surface area is 161 Å². The molecule has 1 heterocycles. The van der Waals surface area contributed by atoms with Gasteiger partial charge in [0.15, 0.2) is 0 Å². The number of carbonyl (C=O) groups excluding carboxylic acids is 1. The van der Waals surface area contributed by atoms with Crippen LogP contribution in [0.2, 0.25) is 0 Å². The SMILES string of the molecule is Cc1ccc(NC(=O)NC2NC(C)CC(NCCNS(C)(=O)=O)N2)cc1C. The Morgan fingerprint density at radius 1 is 1.19 bits per heavy atom. The first-order chi connectivity index (χ1) is 12.6. The molecule has 1 aromatic rings. The van der Waals surface area contributed by atoms with Gasteiger partial charge in [-0.2, -0.15) is 0 Å². The molecule has 27 heavy (non-hydrogen) atoms. The highest BCUT2D eigenvalue weighted by Gasteiger charge is 2.25. The van der Waals surface area contributed by atoms with Crippen molar-refractivity contribution in [2.24, 2.45) is 0 Å². The summed E-state index contributed by atoms with van der Waals surface area (Å²) in [7, 11) is -3.19. The summed E-state index contributed by atoms with van der Waals surface area (Å²) >= 11 is 0. The summed E-state index contributed by atoms with van der Waals surface area (Å²) in [5.74, 6) is 0. The number of urea groups is 1. The van der Waals surface area contributed by atoms with Gasteiger partial charge in [0.05, 0.1) is 12.4 Å². The molecule has 1 aliphatic rings. The van der Waals surface area contributed by atoms with E-state index in [-0.39, 0.29) is 18.2 Å². The normalized spacial score (nSPS) is 23.0. The van der Waals surface area contributed by atoms with E-state index in [0.717, 1.165) is 23.9 Å². The second-order valence-electron chi connectivity index (χ2n) is 6.97. The van der Waals surface area contributed by atoms with Crippen molar-refractivity contribution in [1.82, 2.24) is 26.0 Å². The molecule has 0 saturated carbocycles. The molecular weight excluding hydrogens is 368 g/mol. The fourth-order valence-corrected chi connectivity index (χ4v) is 3.32. The van der Waals surface area contributed by atoms with Crippen molar-refractivity contribution < 1.29 is 13.2 Å². The van der Waals surface area contributed by atoms with E-state index >= 15 is 0 Å². The minimum absolute atomic E-state index is 0.0467. The number of carbonyl (C=O) groups is 1. The molecule has 3 unspecified atom stereocenters. The van der Waals surface area contributed by atoms with Gasteiger partial charge in [-0.05, 0) is 50.5 Å². The lowest BCUT2D eigenvalue weighted by Gasteiger charge is -2.36. The third kappa shape index (κ3) is 7.81. The Balaban J connectivity index is 1.80. The number of nitrogens with one attached hydrogen (secondary N) is 6. The Morgan fingerprint density at radius 2 is 1.93 bits per heavy atom. The van der Waals surface area contributed by atoms with Gasteiger partial charge in [0.2, 0.25) is 10.0 Å². The summed E-state index contributed by atoms with van der Waals surface area (Å²) in [5, 5.41) is 15.4. The first-order valence-electron chi connectivity index (χ1n) is 8.97. The first kappa shape index (κ1) is 21.6. The van der Waals surface area contributed by atoms with E-state index in [1.807, 2.05) is 39.0 Å². The molecule has 1 saturated heterocycles. The zero-order valence-corrected chi connectivity index (χ0v) is 17.0. The van der Waals surface area contributed by atoms with E-state index in [2.05, 4.69) is 31.3 Å². The summed E-state index contributed by atoms with van der Waals surface area (Å²) in [6.07, 6.45) is 1.48. The summed E-state index contributed by atoms with van der Waals surface area (Å²) < 4.78 is 24.6. The van der Waals surface area contributed by atoms with Crippen LogP contribution in [0.4, 0.5) is 10.5 Å². The Morgan fingerprint density at radius 3 is 2.59 bits per heavy atom. The molecule has 3 atom stereocenters. The van der Waals surface area contributed by atoms with Crippen molar-refractivity contribution >= 4 is 21.7 Å². The first-order valence-corrected chi connectivity index (χ1v) is 10.9. The van der Waals surface area contributed by atoms with Crippen molar-refractivity contribution in [3.8, 4) is 0 Å². The molecule has 9 nitrogen and oxygen atoms in total. The molecule has 1 aliphatic heterocycles. The summed E-state index contributed by atoms with van der Waals surface area (Å²) in [6, 6.07) is 5.63. The minimum Gasteiger partial charge on any atom is -0.310 e.